The fourth-order valence-corrected chi connectivity index (χ4v) is 3.35. The van der Waals surface area contributed by atoms with E-state index in [1.54, 1.807) is 23.9 Å². The van der Waals surface area contributed by atoms with Crippen molar-refractivity contribution in [2.75, 3.05) is 37.6 Å². The second-order valence-electron chi connectivity index (χ2n) is 5.31. The lowest BCUT2D eigenvalue weighted by molar-refractivity contribution is 0.194. The number of aryl methyl sites for hydroxylation is 1. The standard InChI is InChI=1S/C15H21N5OS/c21-15(17-4-2-6-18-7-5-16-13-18)20-10-8-19(9-11-20)14-3-1-12-22-14/h1,3,5,7,12-13H,2,4,6,8-11H2,(H,17,21). The smallest absolute Gasteiger partial charge is 0.317 e. The van der Waals surface area contributed by atoms with Crippen molar-refractivity contribution < 1.29 is 4.79 Å². The second kappa shape index (κ2) is 7.31. The monoisotopic (exact) mass is 319 g/mol. The fraction of sp³-hybridized carbons (Fsp3) is 0.467. The van der Waals surface area contributed by atoms with Crippen molar-refractivity contribution in [1.82, 2.24) is 19.8 Å². The Labute approximate surface area is 134 Å². The van der Waals surface area contributed by atoms with Gasteiger partial charge in [0.25, 0.3) is 0 Å². The second-order valence-corrected chi connectivity index (χ2v) is 6.24. The molecule has 3 rings (SSSR count). The molecule has 2 amide bonds. The van der Waals surface area contributed by atoms with Crippen LogP contribution in [0.2, 0.25) is 0 Å². The molecule has 1 saturated heterocycles. The van der Waals surface area contributed by atoms with Gasteiger partial charge in [0, 0.05) is 51.7 Å². The van der Waals surface area contributed by atoms with Gasteiger partial charge in [0.2, 0.25) is 0 Å². The molecule has 0 unspecified atom stereocenters. The Bertz CT molecular complexity index is 561. The molecule has 1 N–H and O–H groups in total. The van der Waals surface area contributed by atoms with Crippen LogP contribution in [0.3, 0.4) is 0 Å². The molecular weight excluding hydrogens is 298 g/mol. The third kappa shape index (κ3) is 3.79. The van der Waals surface area contributed by atoms with Crippen LogP contribution in [-0.2, 0) is 6.54 Å². The van der Waals surface area contributed by atoms with Gasteiger partial charge in [-0.05, 0) is 23.9 Å². The fourth-order valence-electron chi connectivity index (χ4n) is 2.57. The predicted molar refractivity (Wildman–Crippen MR) is 88.3 cm³/mol. The highest BCUT2D eigenvalue weighted by atomic mass is 32.1. The van der Waals surface area contributed by atoms with Gasteiger partial charge in [-0.2, -0.15) is 0 Å². The predicted octanol–water partition coefficient (Wildman–Crippen LogP) is 1.87. The number of carbonyl (C=O) groups is 1. The summed E-state index contributed by atoms with van der Waals surface area (Å²) in [5.74, 6) is 0. The molecular formula is C15H21N5OS. The number of hydrogen-bond acceptors (Lipinski definition) is 4. The van der Waals surface area contributed by atoms with Gasteiger partial charge in [-0.25, -0.2) is 9.78 Å². The third-order valence-electron chi connectivity index (χ3n) is 3.81. The number of nitrogens with zero attached hydrogens (tertiary/aromatic N) is 4. The van der Waals surface area contributed by atoms with E-state index < -0.39 is 0 Å². The zero-order chi connectivity index (χ0) is 15.2. The van der Waals surface area contributed by atoms with Crippen LogP contribution >= 0.6 is 11.3 Å². The zero-order valence-corrected chi connectivity index (χ0v) is 13.3. The van der Waals surface area contributed by atoms with Crippen LogP contribution in [-0.4, -0.2) is 53.2 Å². The highest BCUT2D eigenvalue weighted by Gasteiger charge is 2.21. The number of anilines is 1. The molecule has 3 heterocycles. The average Bonchev–Trinajstić information content (AvgIpc) is 3.25. The van der Waals surface area contributed by atoms with E-state index in [-0.39, 0.29) is 6.03 Å². The maximum Gasteiger partial charge on any atom is 0.317 e. The summed E-state index contributed by atoms with van der Waals surface area (Å²) in [4.78, 5) is 20.4. The first-order valence-corrected chi connectivity index (χ1v) is 8.48. The summed E-state index contributed by atoms with van der Waals surface area (Å²) in [5, 5.41) is 6.39. The number of carbonyl (C=O) groups excluding carboxylic acids is 1. The molecule has 1 fully saturated rings. The van der Waals surface area contributed by atoms with Crippen molar-refractivity contribution in [3.63, 3.8) is 0 Å². The summed E-state index contributed by atoms with van der Waals surface area (Å²) in [6.07, 6.45) is 6.42. The van der Waals surface area contributed by atoms with Gasteiger partial charge < -0.3 is 19.7 Å². The Morgan fingerprint density at radius 3 is 2.86 bits per heavy atom. The number of hydrogen-bond donors (Lipinski definition) is 1. The molecule has 0 aromatic carbocycles. The van der Waals surface area contributed by atoms with E-state index in [0.717, 1.165) is 39.1 Å². The van der Waals surface area contributed by atoms with Gasteiger partial charge in [0.05, 0.1) is 11.3 Å². The maximum atomic E-state index is 12.1. The molecule has 0 aliphatic carbocycles. The van der Waals surface area contributed by atoms with Crippen molar-refractivity contribution in [3.8, 4) is 0 Å². The van der Waals surface area contributed by atoms with E-state index in [2.05, 4.69) is 32.7 Å². The number of rotatable bonds is 5. The van der Waals surface area contributed by atoms with Crippen molar-refractivity contribution in [2.45, 2.75) is 13.0 Å². The van der Waals surface area contributed by atoms with Gasteiger partial charge in [-0.1, -0.05) is 0 Å². The first-order valence-electron chi connectivity index (χ1n) is 7.60. The minimum atomic E-state index is 0.0523. The molecule has 0 spiro atoms. The molecule has 22 heavy (non-hydrogen) atoms. The summed E-state index contributed by atoms with van der Waals surface area (Å²) < 4.78 is 2.02. The first kappa shape index (κ1) is 14.9. The van der Waals surface area contributed by atoms with Crippen molar-refractivity contribution in [2.24, 2.45) is 0 Å². The molecule has 6 nitrogen and oxygen atoms in total. The minimum Gasteiger partial charge on any atom is -0.360 e. The summed E-state index contributed by atoms with van der Waals surface area (Å²) in [6.45, 7) is 4.96. The number of thiophene rings is 1. The van der Waals surface area contributed by atoms with Gasteiger partial charge >= 0.3 is 6.03 Å². The number of imidazole rings is 1. The maximum absolute atomic E-state index is 12.1. The van der Waals surface area contributed by atoms with Crippen LogP contribution in [0.15, 0.2) is 36.2 Å². The molecule has 2 aromatic rings. The molecule has 7 heteroatoms. The van der Waals surface area contributed by atoms with E-state index in [1.165, 1.54) is 5.00 Å². The molecule has 0 atom stereocenters. The van der Waals surface area contributed by atoms with E-state index in [0.29, 0.717) is 6.54 Å². The van der Waals surface area contributed by atoms with Crippen molar-refractivity contribution in [3.05, 3.63) is 36.2 Å². The van der Waals surface area contributed by atoms with E-state index in [4.69, 9.17) is 0 Å². The van der Waals surface area contributed by atoms with E-state index >= 15 is 0 Å². The van der Waals surface area contributed by atoms with E-state index in [1.807, 2.05) is 15.7 Å². The number of aromatic nitrogens is 2. The molecule has 0 saturated carbocycles. The Kier molecular flexibility index (Phi) is 4.95. The van der Waals surface area contributed by atoms with Gasteiger partial charge in [-0.15, -0.1) is 11.3 Å². The van der Waals surface area contributed by atoms with Crippen molar-refractivity contribution >= 4 is 22.4 Å². The van der Waals surface area contributed by atoms with Gasteiger partial charge in [0.1, 0.15) is 0 Å². The highest BCUT2D eigenvalue weighted by Crippen LogP contribution is 2.22. The lowest BCUT2D eigenvalue weighted by Crippen LogP contribution is -2.51. The first-order chi connectivity index (χ1) is 10.8. The Morgan fingerprint density at radius 1 is 1.32 bits per heavy atom. The summed E-state index contributed by atoms with van der Waals surface area (Å²) in [6, 6.07) is 4.26. The average molecular weight is 319 g/mol. The quantitative estimate of drug-likeness (QED) is 0.856. The molecule has 0 radical (unpaired) electrons. The van der Waals surface area contributed by atoms with Gasteiger partial charge in [-0.3, -0.25) is 0 Å². The topological polar surface area (TPSA) is 53.4 Å². The number of piperazine rings is 1. The van der Waals surface area contributed by atoms with Crippen molar-refractivity contribution in [1.29, 1.82) is 0 Å². The van der Waals surface area contributed by atoms with Crippen LogP contribution in [0, 0.1) is 0 Å². The molecule has 1 aliphatic heterocycles. The Morgan fingerprint density at radius 2 is 2.18 bits per heavy atom. The molecule has 2 aromatic heterocycles. The lowest BCUT2D eigenvalue weighted by Gasteiger charge is -2.35. The third-order valence-corrected chi connectivity index (χ3v) is 4.74. The van der Waals surface area contributed by atoms with Crippen LogP contribution in [0.1, 0.15) is 6.42 Å². The normalized spacial score (nSPS) is 15.1. The summed E-state index contributed by atoms with van der Waals surface area (Å²) in [5.41, 5.74) is 0. The van der Waals surface area contributed by atoms with E-state index in [9.17, 15) is 4.79 Å². The summed E-state index contributed by atoms with van der Waals surface area (Å²) in [7, 11) is 0. The number of amides is 2. The Balaban J connectivity index is 1.35. The number of urea groups is 1. The zero-order valence-electron chi connectivity index (χ0n) is 12.5. The SMILES string of the molecule is O=C(NCCCn1ccnc1)N1CCN(c2cccs2)CC1. The van der Waals surface area contributed by atoms with Crippen LogP contribution in [0.5, 0.6) is 0 Å². The Hall–Kier alpha value is -2.02. The summed E-state index contributed by atoms with van der Waals surface area (Å²) >= 11 is 1.75. The van der Waals surface area contributed by atoms with Gasteiger partial charge in [0.15, 0.2) is 0 Å². The largest absolute Gasteiger partial charge is 0.360 e. The van der Waals surface area contributed by atoms with Crippen LogP contribution < -0.4 is 10.2 Å². The minimum absolute atomic E-state index is 0.0523. The number of nitrogens with one attached hydrogen (secondary N) is 1. The molecule has 118 valence electrons. The molecule has 1 aliphatic rings. The highest BCUT2D eigenvalue weighted by molar-refractivity contribution is 7.14. The van der Waals surface area contributed by atoms with Crippen LogP contribution in [0.4, 0.5) is 9.80 Å². The molecule has 0 bridgehead atoms. The van der Waals surface area contributed by atoms with Crippen LogP contribution in [0.25, 0.3) is 0 Å². The lowest BCUT2D eigenvalue weighted by atomic mass is 10.3.